The van der Waals surface area contributed by atoms with E-state index in [1.54, 1.807) is 0 Å². The molecule has 2 fully saturated rings. The van der Waals surface area contributed by atoms with Gasteiger partial charge in [0.05, 0.1) is 0 Å². The molecule has 0 spiro atoms. The van der Waals surface area contributed by atoms with Crippen molar-refractivity contribution in [1.29, 1.82) is 0 Å². The molecule has 0 radical (unpaired) electrons. The normalized spacial score (nSPS) is 31.3. The van der Waals surface area contributed by atoms with E-state index in [1.807, 2.05) is 0 Å². The molecule has 0 aromatic heterocycles. The Labute approximate surface area is 88.1 Å². The first-order valence-electron chi connectivity index (χ1n) is 6.11. The monoisotopic (exact) mass is 196 g/mol. The Balaban J connectivity index is 1.81. The van der Waals surface area contributed by atoms with Gasteiger partial charge in [0.15, 0.2) is 0 Å². The quantitative estimate of drug-likeness (QED) is 0.736. The lowest BCUT2D eigenvalue weighted by Crippen LogP contribution is -2.43. The van der Waals surface area contributed by atoms with E-state index < -0.39 is 0 Å². The number of nitrogens with zero attached hydrogens (tertiary/aromatic N) is 1. The summed E-state index contributed by atoms with van der Waals surface area (Å²) in [7, 11) is 2.23. The number of likely N-dealkylation sites (tertiary alicyclic amines) is 1. The molecule has 2 atom stereocenters. The van der Waals surface area contributed by atoms with Crippen LogP contribution in [-0.2, 0) is 0 Å². The van der Waals surface area contributed by atoms with Crippen molar-refractivity contribution in [1.82, 2.24) is 10.2 Å². The van der Waals surface area contributed by atoms with Crippen LogP contribution < -0.4 is 5.32 Å². The molecule has 1 saturated heterocycles. The van der Waals surface area contributed by atoms with Gasteiger partial charge in [-0.2, -0.15) is 0 Å². The Kier molecular flexibility index (Phi) is 3.13. The lowest BCUT2D eigenvalue weighted by atomic mass is 9.98. The van der Waals surface area contributed by atoms with Crippen LogP contribution in [0.5, 0.6) is 0 Å². The van der Waals surface area contributed by atoms with Gasteiger partial charge in [0.1, 0.15) is 0 Å². The highest BCUT2D eigenvalue weighted by Crippen LogP contribution is 2.36. The Hall–Kier alpha value is -0.0800. The molecule has 2 nitrogen and oxygen atoms in total. The predicted molar refractivity (Wildman–Crippen MR) is 60.4 cm³/mol. The van der Waals surface area contributed by atoms with Crippen LogP contribution in [0.1, 0.15) is 33.1 Å². The zero-order valence-electron chi connectivity index (χ0n) is 9.79. The highest BCUT2D eigenvalue weighted by molar-refractivity contribution is 4.92. The lowest BCUT2D eigenvalue weighted by molar-refractivity contribution is 0.313. The fraction of sp³-hybridized carbons (Fsp3) is 1.00. The molecule has 1 aliphatic carbocycles. The van der Waals surface area contributed by atoms with Crippen LogP contribution in [0.3, 0.4) is 0 Å². The number of hydrogen-bond acceptors (Lipinski definition) is 2. The number of rotatable bonds is 4. The van der Waals surface area contributed by atoms with E-state index in [0.717, 1.165) is 23.9 Å². The van der Waals surface area contributed by atoms with E-state index in [-0.39, 0.29) is 0 Å². The third kappa shape index (κ3) is 2.48. The number of nitrogens with one attached hydrogen (secondary N) is 1. The van der Waals surface area contributed by atoms with Crippen LogP contribution in [-0.4, -0.2) is 37.1 Å². The average molecular weight is 196 g/mol. The number of likely N-dealkylation sites (N-methyl/N-ethyl adjacent to an activating group) is 1. The molecular formula is C12H24N2. The van der Waals surface area contributed by atoms with Crippen LogP contribution >= 0.6 is 0 Å². The van der Waals surface area contributed by atoms with Crippen molar-refractivity contribution in [2.24, 2.45) is 11.8 Å². The third-order valence-electron chi connectivity index (χ3n) is 3.67. The summed E-state index contributed by atoms with van der Waals surface area (Å²) in [5.74, 6) is 1.79. The first kappa shape index (κ1) is 10.4. The van der Waals surface area contributed by atoms with Crippen LogP contribution in [0.2, 0.25) is 0 Å². The van der Waals surface area contributed by atoms with E-state index in [9.17, 15) is 0 Å². The second-order valence-electron chi connectivity index (χ2n) is 5.52. The summed E-state index contributed by atoms with van der Waals surface area (Å²) < 4.78 is 0. The van der Waals surface area contributed by atoms with Crippen molar-refractivity contribution in [2.45, 2.75) is 45.2 Å². The minimum Gasteiger partial charge on any atom is -0.309 e. The summed E-state index contributed by atoms with van der Waals surface area (Å²) in [6, 6.07) is 1.54. The fourth-order valence-corrected chi connectivity index (χ4v) is 2.67. The van der Waals surface area contributed by atoms with Gasteiger partial charge in [-0.25, -0.2) is 0 Å². The van der Waals surface area contributed by atoms with Crippen LogP contribution in [0.25, 0.3) is 0 Å². The van der Waals surface area contributed by atoms with Crippen molar-refractivity contribution < 1.29 is 0 Å². The summed E-state index contributed by atoms with van der Waals surface area (Å²) in [6.07, 6.45) is 4.25. The molecule has 0 bridgehead atoms. The molecule has 1 N–H and O–H groups in total. The van der Waals surface area contributed by atoms with Gasteiger partial charge in [-0.15, -0.1) is 0 Å². The molecule has 2 unspecified atom stereocenters. The van der Waals surface area contributed by atoms with E-state index in [0.29, 0.717) is 0 Å². The van der Waals surface area contributed by atoms with Gasteiger partial charge in [-0.05, 0) is 44.7 Å². The van der Waals surface area contributed by atoms with Gasteiger partial charge in [0.2, 0.25) is 0 Å². The van der Waals surface area contributed by atoms with E-state index >= 15 is 0 Å². The van der Waals surface area contributed by atoms with Crippen molar-refractivity contribution in [3.05, 3.63) is 0 Å². The molecule has 0 aromatic rings. The Morgan fingerprint density at radius 3 is 2.36 bits per heavy atom. The summed E-state index contributed by atoms with van der Waals surface area (Å²) in [6.45, 7) is 7.23. The van der Waals surface area contributed by atoms with Crippen LogP contribution in [0, 0.1) is 11.8 Å². The van der Waals surface area contributed by atoms with E-state index in [4.69, 9.17) is 0 Å². The summed E-state index contributed by atoms with van der Waals surface area (Å²) in [5.41, 5.74) is 0. The molecule has 1 heterocycles. The van der Waals surface area contributed by atoms with Gasteiger partial charge in [-0.1, -0.05) is 13.8 Å². The largest absolute Gasteiger partial charge is 0.309 e. The van der Waals surface area contributed by atoms with Gasteiger partial charge >= 0.3 is 0 Å². The molecule has 14 heavy (non-hydrogen) atoms. The minimum atomic E-state index is 0.757. The molecule has 2 aliphatic rings. The first-order valence-corrected chi connectivity index (χ1v) is 6.11. The molecule has 1 saturated carbocycles. The Morgan fingerprint density at radius 2 is 1.93 bits per heavy atom. The molecule has 0 amide bonds. The summed E-state index contributed by atoms with van der Waals surface area (Å²) >= 11 is 0. The maximum atomic E-state index is 3.87. The topological polar surface area (TPSA) is 15.3 Å². The van der Waals surface area contributed by atoms with Gasteiger partial charge in [0.25, 0.3) is 0 Å². The van der Waals surface area contributed by atoms with E-state index in [2.05, 4.69) is 31.1 Å². The first-order chi connectivity index (χ1) is 6.66. The second kappa shape index (κ2) is 4.19. The van der Waals surface area contributed by atoms with Gasteiger partial charge in [0, 0.05) is 18.6 Å². The maximum absolute atomic E-state index is 3.87. The summed E-state index contributed by atoms with van der Waals surface area (Å²) in [5, 5.41) is 3.87. The zero-order valence-corrected chi connectivity index (χ0v) is 9.79. The Bertz CT molecular complexity index is 185. The second-order valence-corrected chi connectivity index (χ2v) is 5.52. The smallest absolute Gasteiger partial charge is 0.0209 e. The van der Waals surface area contributed by atoms with Crippen molar-refractivity contribution in [3.8, 4) is 0 Å². The standard InChI is InChI=1S/C12H24N2/c1-9(2)12(10-4-5-10)13-11-6-7-14(3)8-11/h9-13H,4-8H2,1-3H3. The molecule has 2 heteroatoms. The highest BCUT2D eigenvalue weighted by Gasteiger charge is 2.35. The lowest BCUT2D eigenvalue weighted by Gasteiger charge is -2.26. The molecule has 2 rings (SSSR count). The third-order valence-corrected chi connectivity index (χ3v) is 3.67. The van der Waals surface area contributed by atoms with Crippen LogP contribution in [0.15, 0.2) is 0 Å². The number of hydrogen-bond donors (Lipinski definition) is 1. The zero-order chi connectivity index (χ0) is 10.1. The molecule has 1 aliphatic heterocycles. The average Bonchev–Trinajstić information content (AvgIpc) is 2.86. The van der Waals surface area contributed by atoms with Crippen molar-refractivity contribution >= 4 is 0 Å². The van der Waals surface area contributed by atoms with Crippen molar-refractivity contribution in [3.63, 3.8) is 0 Å². The fourth-order valence-electron chi connectivity index (χ4n) is 2.67. The molecule has 82 valence electrons. The predicted octanol–water partition coefficient (Wildman–Crippen LogP) is 1.71. The molecule has 0 aromatic carbocycles. The Morgan fingerprint density at radius 1 is 1.21 bits per heavy atom. The van der Waals surface area contributed by atoms with E-state index in [1.165, 1.54) is 32.4 Å². The molecular weight excluding hydrogens is 172 g/mol. The summed E-state index contributed by atoms with van der Waals surface area (Å²) in [4.78, 5) is 2.43. The minimum absolute atomic E-state index is 0.757. The highest BCUT2D eigenvalue weighted by atomic mass is 15.2. The van der Waals surface area contributed by atoms with Crippen LogP contribution in [0.4, 0.5) is 0 Å². The maximum Gasteiger partial charge on any atom is 0.0209 e. The van der Waals surface area contributed by atoms with Gasteiger partial charge < -0.3 is 10.2 Å². The van der Waals surface area contributed by atoms with Crippen molar-refractivity contribution in [2.75, 3.05) is 20.1 Å². The van der Waals surface area contributed by atoms with Gasteiger partial charge in [-0.3, -0.25) is 0 Å². The SMILES string of the molecule is CC(C)C(NC1CCN(C)C1)C1CC1.